The second-order valence-electron chi connectivity index (χ2n) is 8.08. The van der Waals surface area contributed by atoms with E-state index < -0.39 is 0 Å². The van der Waals surface area contributed by atoms with Gasteiger partial charge in [0.15, 0.2) is 0 Å². The van der Waals surface area contributed by atoms with E-state index in [0.717, 1.165) is 27.1 Å². The maximum absolute atomic E-state index is 13.6. The SMILES string of the molecule is COc1ccc(-c2[nH]n(-c3nc4ccccc4s3)c(=O)c2C(C)=NCCc2ccc(O)cc2)cc1. The van der Waals surface area contributed by atoms with Gasteiger partial charge in [0.25, 0.3) is 5.56 Å². The zero-order valence-corrected chi connectivity index (χ0v) is 20.2. The molecule has 0 saturated heterocycles. The number of phenolic OH excluding ortho intramolecular Hbond substituents is 1. The van der Waals surface area contributed by atoms with Crippen LogP contribution < -0.4 is 10.3 Å². The molecule has 0 aliphatic carbocycles. The second-order valence-corrected chi connectivity index (χ2v) is 9.09. The van der Waals surface area contributed by atoms with E-state index in [1.54, 1.807) is 19.2 Å². The van der Waals surface area contributed by atoms with Crippen molar-refractivity contribution in [1.29, 1.82) is 0 Å². The minimum atomic E-state index is -0.194. The predicted octanol–water partition coefficient (Wildman–Crippen LogP) is 5.21. The first-order chi connectivity index (χ1) is 17.0. The van der Waals surface area contributed by atoms with Crippen LogP contribution in [-0.4, -0.2) is 39.2 Å². The third-order valence-electron chi connectivity index (χ3n) is 5.79. The molecule has 0 fully saturated rings. The lowest BCUT2D eigenvalue weighted by Crippen LogP contribution is -2.19. The molecular formula is C27H24N4O3S. The Labute approximate surface area is 206 Å². The number of H-pyrrole nitrogens is 1. The molecule has 5 aromatic rings. The average Bonchev–Trinajstić information content (AvgIpc) is 3.46. The van der Waals surface area contributed by atoms with Crippen LogP contribution in [0.3, 0.4) is 0 Å². The van der Waals surface area contributed by atoms with Crippen molar-refractivity contribution in [2.75, 3.05) is 13.7 Å². The third-order valence-corrected chi connectivity index (χ3v) is 6.81. The molecule has 0 radical (unpaired) electrons. The minimum Gasteiger partial charge on any atom is -0.508 e. The molecule has 0 unspecified atom stereocenters. The Morgan fingerprint density at radius 1 is 1.09 bits per heavy atom. The second kappa shape index (κ2) is 9.60. The molecule has 176 valence electrons. The van der Waals surface area contributed by atoms with Crippen molar-refractivity contribution in [2.24, 2.45) is 4.99 Å². The first-order valence-electron chi connectivity index (χ1n) is 11.2. The monoisotopic (exact) mass is 484 g/mol. The maximum atomic E-state index is 13.6. The highest BCUT2D eigenvalue weighted by atomic mass is 32.1. The van der Waals surface area contributed by atoms with Gasteiger partial charge in [0.1, 0.15) is 11.5 Å². The summed E-state index contributed by atoms with van der Waals surface area (Å²) in [6, 6.07) is 22.5. The molecule has 8 heteroatoms. The lowest BCUT2D eigenvalue weighted by atomic mass is 10.0. The van der Waals surface area contributed by atoms with Gasteiger partial charge in [-0.05, 0) is 67.4 Å². The van der Waals surface area contributed by atoms with Crippen molar-refractivity contribution in [2.45, 2.75) is 13.3 Å². The van der Waals surface area contributed by atoms with Gasteiger partial charge in [-0.3, -0.25) is 14.9 Å². The van der Waals surface area contributed by atoms with Crippen LogP contribution in [0.4, 0.5) is 0 Å². The number of nitrogens with zero attached hydrogens (tertiary/aromatic N) is 3. The summed E-state index contributed by atoms with van der Waals surface area (Å²) in [5, 5.41) is 13.3. The molecule has 0 saturated carbocycles. The number of phenols is 1. The molecule has 3 aromatic carbocycles. The summed E-state index contributed by atoms with van der Waals surface area (Å²) in [5.74, 6) is 0.975. The summed E-state index contributed by atoms with van der Waals surface area (Å²) in [7, 11) is 1.62. The molecule has 35 heavy (non-hydrogen) atoms. The fraction of sp³-hybridized carbons (Fsp3) is 0.148. The van der Waals surface area contributed by atoms with Crippen LogP contribution in [0.5, 0.6) is 11.5 Å². The number of para-hydroxylation sites is 1. The Bertz CT molecular complexity index is 1530. The highest BCUT2D eigenvalue weighted by molar-refractivity contribution is 7.20. The molecule has 0 aliphatic heterocycles. The van der Waals surface area contributed by atoms with Crippen LogP contribution in [0.2, 0.25) is 0 Å². The van der Waals surface area contributed by atoms with Crippen LogP contribution in [0, 0.1) is 0 Å². The molecular weight excluding hydrogens is 460 g/mol. The Kier molecular flexibility index (Phi) is 6.20. The zero-order chi connectivity index (χ0) is 24.4. The van der Waals surface area contributed by atoms with Gasteiger partial charge in [0, 0.05) is 17.8 Å². The molecule has 0 aliphatic rings. The first-order valence-corrected chi connectivity index (χ1v) is 12.0. The maximum Gasteiger partial charge on any atom is 0.283 e. The fourth-order valence-electron chi connectivity index (χ4n) is 3.92. The van der Waals surface area contributed by atoms with E-state index in [1.807, 2.05) is 67.6 Å². The molecule has 0 atom stereocenters. The van der Waals surface area contributed by atoms with E-state index >= 15 is 0 Å². The highest BCUT2D eigenvalue weighted by Crippen LogP contribution is 2.27. The number of hydrogen-bond acceptors (Lipinski definition) is 6. The van der Waals surface area contributed by atoms with Crippen molar-refractivity contribution >= 4 is 27.3 Å². The van der Waals surface area contributed by atoms with Crippen molar-refractivity contribution in [3.05, 3.63) is 94.3 Å². The van der Waals surface area contributed by atoms with Gasteiger partial charge >= 0.3 is 0 Å². The number of aromatic hydroxyl groups is 1. The summed E-state index contributed by atoms with van der Waals surface area (Å²) in [4.78, 5) is 23.0. The van der Waals surface area contributed by atoms with Crippen LogP contribution >= 0.6 is 11.3 Å². The standard InChI is InChI=1S/C27H24N4O3S/c1-17(28-16-15-18-7-11-20(32)12-8-18)24-25(19-9-13-21(34-2)14-10-19)30-31(26(24)33)27-29-22-5-3-4-6-23(22)35-27/h3-14,30,32H,15-16H2,1-2H3. The Morgan fingerprint density at radius 3 is 2.54 bits per heavy atom. The van der Waals surface area contributed by atoms with E-state index in [0.29, 0.717) is 35.1 Å². The Hall–Kier alpha value is -4.17. The lowest BCUT2D eigenvalue weighted by Gasteiger charge is -2.05. The number of methoxy groups -OCH3 is 1. The lowest BCUT2D eigenvalue weighted by molar-refractivity contribution is 0.415. The fourth-order valence-corrected chi connectivity index (χ4v) is 4.85. The number of ether oxygens (including phenoxy) is 1. The largest absolute Gasteiger partial charge is 0.508 e. The number of fused-ring (bicyclic) bond motifs is 1. The van der Waals surface area contributed by atoms with E-state index in [1.165, 1.54) is 16.0 Å². The quantitative estimate of drug-likeness (QED) is 0.310. The van der Waals surface area contributed by atoms with E-state index in [2.05, 4.69) is 10.1 Å². The van der Waals surface area contributed by atoms with Gasteiger partial charge in [0.2, 0.25) is 5.13 Å². The number of hydrogen-bond donors (Lipinski definition) is 2. The van der Waals surface area contributed by atoms with Crippen LogP contribution in [-0.2, 0) is 6.42 Å². The Morgan fingerprint density at radius 2 is 1.83 bits per heavy atom. The van der Waals surface area contributed by atoms with E-state index in [-0.39, 0.29) is 11.3 Å². The molecule has 0 bridgehead atoms. The molecule has 2 heterocycles. The smallest absolute Gasteiger partial charge is 0.283 e. The number of benzene rings is 3. The summed E-state index contributed by atoms with van der Waals surface area (Å²) < 4.78 is 7.80. The molecule has 0 amide bonds. The Balaban J connectivity index is 1.55. The van der Waals surface area contributed by atoms with Crippen molar-refractivity contribution in [3.63, 3.8) is 0 Å². The summed E-state index contributed by atoms with van der Waals surface area (Å²) in [5.41, 5.74) is 4.42. The molecule has 2 N–H and O–H groups in total. The van der Waals surface area contributed by atoms with Gasteiger partial charge in [-0.15, -0.1) is 0 Å². The predicted molar refractivity (Wildman–Crippen MR) is 140 cm³/mol. The van der Waals surface area contributed by atoms with Gasteiger partial charge in [-0.1, -0.05) is 35.6 Å². The van der Waals surface area contributed by atoms with E-state index in [4.69, 9.17) is 9.73 Å². The third kappa shape index (κ3) is 4.61. The normalized spacial score (nSPS) is 11.8. The van der Waals surface area contributed by atoms with Crippen molar-refractivity contribution < 1.29 is 9.84 Å². The van der Waals surface area contributed by atoms with Crippen LogP contribution in [0.15, 0.2) is 82.6 Å². The van der Waals surface area contributed by atoms with Crippen LogP contribution in [0.25, 0.3) is 26.6 Å². The number of aromatic nitrogens is 3. The van der Waals surface area contributed by atoms with E-state index in [9.17, 15) is 9.90 Å². The number of rotatable bonds is 7. The number of nitrogens with one attached hydrogen (secondary N) is 1. The molecule has 0 spiro atoms. The van der Waals surface area contributed by atoms with Gasteiger partial charge in [0.05, 0.1) is 28.6 Å². The first kappa shape index (κ1) is 22.6. The van der Waals surface area contributed by atoms with Crippen molar-refractivity contribution in [1.82, 2.24) is 14.8 Å². The van der Waals surface area contributed by atoms with Gasteiger partial charge < -0.3 is 9.84 Å². The highest BCUT2D eigenvalue weighted by Gasteiger charge is 2.21. The number of thiazole rings is 1. The zero-order valence-electron chi connectivity index (χ0n) is 19.4. The summed E-state index contributed by atoms with van der Waals surface area (Å²) in [6.45, 7) is 2.38. The van der Waals surface area contributed by atoms with Crippen molar-refractivity contribution in [3.8, 4) is 27.9 Å². The average molecular weight is 485 g/mol. The van der Waals surface area contributed by atoms with Gasteiger partial charge in [-0.2, -0.15) is 4.68 Å². The molecule has 2 aromatic heterocycles. The minimum absolute atomic E-state index is 0.194. The molecule has 7 nitrogen and oxygen atoms in total. The number of aliphatic imine (C=N–C) groups is 1. The topological polar surface area (TPSA) is 92.5 Å². The molecule has 5 rings (SSSR count). The summed E-state index contributed by atoms with van der Waals surface area (Å²) in [6.07, 6.45) is 0.700. The van der Waals surface area contributed by atoms with Gasteiger partial charge in [-0.25, -0.2) is 4.98 Å². The van der Waals surface area contributed by atoms with Crippen LogP contribution in [0.1, 0.15) is 18.1 Å². The summed E-state index contributed by atoms with van der Waals surface area (Å²) >= 11 is 1.46. The number of aromatic amines is 1.